The molecular weight excluding hydrogens is 228 g/mol. The number of carbonyl (C=O) groups is 1. The van der Waals surface area contributed by atoms with Crippen LogP contribution in [-0.2, 0) is 16.1 Å². The van der Waals surface area contributed by atoms with Crippen LogP contribution in [0.3, 0.4) is 0 Å². The lowest BCUT2D eigenvalue weighted by Gasteiger charge is -2.09. The van der Waals surface area contributed by atoms with Gasteiger partial charge < -0.3 is 9.84 Å². The molecule has 4 heteroatoms. The van der Waals surface area contributed by atoms with E-state index in [1.165, 1.54) is 0 Å². The molecule has 0 spiro atoms. The van der Waals surface area contributed by atoms with E-state index in [0.29, 0.717) is 13.0 Å². The third kappa shape index (κ3) is 4.21. The van der Waals surface area contributed by atoms with Gasteiger partial charge in [0.15, 0.2) is 0 Å². The number of benzene rings is 1. The van der Waals surface area contributed by atoms with E-state index >= 15 is 0 Å². The van der Waals surface area contributed by atoms with Gasteiger partial charge in [-0.05, 0) is 17.5 Å². The van der Waals surface area contributed by atoms with Crippen LogP contribution in [0, 0.1) is 0 Å². The van der Waals surface area contributed by atoms with Crippen LogP contribution >= 0.6 is 11.6 Å². The molecule has 0 fully saturated rings. The van der Waals surface area contributed by atoms with Crippen LogP contribution in [0.2, 0.25) is 0 Å². The molecule has 0 aromatic heterocycles. The van der Waals surface area contributed by atoms with Crippen LogP contribution in [0.1, 0.15) is 29.3 Å². The quantitative estimate of drug-likeness (QED) is 0.780. The minimum absolute atomic E-state index is 0.0860. The molecule has 1 unspecified atom stereocenters. The summed E-state index contributed by atoms with van der Waals surface area (Å²) in [7, 11) is 1.63. The number of hydrogen-bond donors (Lipinski definition) is 1. The number of aliphatic carboxylic acids is 1. The number of methoxy groups -OCH3 is 1. The molecule has 0 aliphatic rings. The van der Waals surface area contributed by atoms with Gasteiger partial charge in [0.05, 0.1) is 12.0 Å². The molecule has 1 N–H and O–H groups in total. The highest BCUT2D eigenvalue weighted by atomic mass is 35.5. The molecule has 1 rings (SSSR count). The van der Waals surface area contributed by atoms with Crippen molar-refractivity contribution in [3.63, 3.8) is 0 Å². The van der Waals surface area contributed by atoms with E-state index in [2.05, 4.69) is 0 Å². The summed E-state index contributed by atoms with van der Waals surface area (Å²) < 4.78 is 5.02. The summed E-state index contributed by atoms with van der Waals surface area (Å²) in [6.45, 7) is 0.538. The Labute approximate surface area is 100.0 Å². The second kappa shape index (κ2) is 6.51. The Kier molecular flexibility index (Phi) is 5.29. The van der Waals surface area contributed by atoms with E-state index in [-0.39, 0.29) is 11.8 Å². The first-order valence-electron chi connectivity index (χ1n) is 5.07. The predicted molar refractivity (Wildman–Crippen MR) is 62.6 cm³/mol. The minimum atomic E-state index is -0.821. The van der Waals surface area contributed by atoms with E-state index in [1.807, 2.05) is 24.3 Å². The summed E-state index contributed by atoms with van der Waals surface area (Å²) in [6, 6.07) is 7.70. The van der Waals surface area contributed by atoms with Crippen molar-refractivity contribution >= 4 is 17.6 Å². The number of carboxylic acid groups (broad SMARTS) is 1. The summed E-state index contributed by atoms with van der Waals surface area (Å²) in [5.74, 6) is -0.821. The van der Waals surface area contributed by atoms with E-state index in [4.69, 9.17) is 21.4 Å². The topological polar surface area (TPSA) is 46.5 Å². The first-order chi connectivity index (χ1) is 7.63. The smallest absolute Gasteiger partial charge is 0.303 e. The standard InChI is InChI=1S/C12H15ClO3/c1-16-8-9-3-2-4-10(7-9)11(13)5-6-12(14)15/h2-4,7,11H,5-6,8H2,1H3,(H,14,15). The van der Waals surface area contributed by atoms with E-state index in [0.717, 1.165) is 11.1 Å². The van der Waals surface area contributed by atoms with Crippen LogP contribution in [-0.4, -0.2) is 18.2 Å². The molecule has 1 aromatic rings. The lowest BCUT2D eigenvalue weighted by atomic mass is 10.1. The van der Waals surface area contributed by atoms with Crippen molar-refractivity contribution in [1.29, 1.82) is 0 Å². The maximum absolute atomic E-state index is 10.4. The highest BCUT2D eigenvalue weighted by Crippen LogP contribution is 2.26. The number of alkyl halides is 1. The van der Waals surface area contributed by atoms with Gasteiger partial charge in [0, 0.05) is 13.5 Å². The number of halogens is 1. The molecule has 3 nitrogen and oxygen atoms in total. The molecule has 1 aromatic carbocycles. The number of ether oxygens (including phenoxy) is 1. The van der Waals surface area contributed by atoms with Gasteiger partial charge in [-0.1, -0.05) is 24.3 Å². The maximum Gasteiger partial charge on any atom is 0.303 e. The van der Waals surface area contributed by atoms with Crippen LogP contribution in [0.5, 0.6) is 0 Å². The summed E-state index contributed by atoms with van der Waals surface area (Å²) in [5, 5.41) is 8.31. The second-order valence-corrected chi connectivity index (χ2v) is 4.10. The Balaban J connectivity index is 2.63. The van der Waals surface area contributed by atoms with Gasteiger partial charge in [0.25, 0.3) is 0 Å². The fourth-order valence-electron chi connectivity index (χ4n) is 1.46. The van der Waals surface area contributed by atoms with Crippen molar-refractivity contribution in [2.45, 2.75) is 24.8 Å². The van der Waals surface area contributed by atoms with Crippen LogP contribution in [0.4, 0.5) is 0 Å². The largest absolute Gasteiger partial charge is 0.481 e. The molecule has 0 saturated heterocycles. The molecule has 88 valence electrons. The first-order valence-corrected chi connectivity index (χ1v) is 5.50. The Morgan fingerprint density at radius 2 is 2.31 bits per heavy atom. The minimum Gasteiger partial charge on any atom is -0.481 e. The van der Waals surface area contributed by atoms with Gasteiger partial charge in [-0.2, -0.15) is 0 Å². The second-order valence-electron chi connectivity index (χ2n) is 3.58. The average molecular weight is 243 g/mol. The van der Waals surface area contributed by atoms with Crippen LogP contribution in [0.15, 0.2) is 24.3 Å². The van der Waals surface area contributed by atoms with Crippen molar-refractivity contribution in [2.75, 3.05) is 7.11 Å². The van der Waals surface area contributed by atoms with E-state index < -0.39 is 5.97 Å². The third-order valence-corrected chi connectivity index (χ3v) is 2.71. The molecule has 0 bridgehead atoms. The third-order valence-electron chi connectivity index (χ3n) is 2.24. The first kappa shape index (κ1) is 13.0. The average Bonchev–Trinajstić information content (AvgIpc) is 2.26. The van der Waals surface area contributed by atoms with Crippen molar-refractivity contribution in [2.24, 2.45) is 0 Å². The molecule has 0 amide bonds. The number of rotatable bonds is 6. The Morgan fingerprint density at radius 3 is 2.94 bits per heavy atom. The summed E-state index contributed by atoms with van der Waals surface area (Å²) in [6.07, 6.45) is 0.524. The van der Waals surface area contributed by atoms with Gasteiger partial charge in [-0.25, -0.2) is 0 Å². The van der Waals surface area contributed by atoms with Crippen molar-refractivity contribution < 1.29 is 14.6 Å². The lowest BCUT2D eigenvalue weighted by molar-refractivity contribution is -0.137. The maximum atomic E-state index is 10.4. The van der Waals surface area contributed by atoms with Crippen molar-refractivity contribution in [3.8, 4) is 0 Å². The molecular formula is C12H15ClO3. The van der Waals surface area contributed by atoms with Crippen molar-refractivity contribution in [1.82, 2.24) is 0 Å². The predicted octanol–water partition coefficient (Wildman–Crippen LogP) is 2.98. The zero-order valence-electron chi connectivity index (χ0n) is 9.15. The molecule has 1 atom stereocenters. The van der Waals surface area contributed by atoms with Gasteiger partial charge in [0.1, 0.15) is 0 Å². The number of carboxylic acids is 1. The molecule has 16 heavy (non-hydrogen) atoms. The summed E-state index contributed by atoms with van der Waals surface area (Å²) in [4.78, 5) is 10.4. The Hall–Kier alpha value is -1.06. The molecule has 0 aliphatic heterocycles. The fourth-order valence-corrected chi connectivity index (χ4v) is 1.71. The van der Waals surface area contributed by atoms with Gasteiger partial charge in [0.2, 0.25) is 0 Å². The summed E-state index contributed by atoms with van der Waals surface area (Å²) in [5.41, 5.74) is 1.98. The molecule has 0 radical (unpaired) electrons. The fraction of sp³-hybridized carbons (Fsp3) is 0.417. The van der Waals surface area contributed by atoms with E-state index in [9.17, 15) is 4.79 Å². The van der Waals surface area contributed by atoms with Crippen LogP contribution < -0.4 is 0 Å². The highest BCUT2D eigenvalue weighted by molar-refractivity contribution is 6.20. The Bertz CT molecular complexity index is 352. The van der Waals surface area contributed by atoms with E-state index in [1.54, 1.807) is 7.11 Å². The monoisotopic (exact) mass is 242 g/mol. The zero-order valence-corrected chi connectivity index (χ0v) is 9.91. The SMILES string of the molecule is COCc1cccc(C(Cl)CCC(=O)O)c1. The highest BCUT2D eigenvalue weighted by Gasteiger charge is 2.10. The van der Waals surface area contributed by atoms with Gasteiger partial charge in [-0.3, -0.25) is 4.79 Å². The van der Waals surface area contributed by atoms with Crippen LogP contribution in [0.25, 0.3) is 0 Å². The van der Waals surface area contributed by atoms with Gasteiger partial charge in [-0.15, -0.1) is 11.6 Å². The lowest BCUT2D eigenvalue weighted by Crippen LogP contribution is -1.99. The normalized spacial score (nSPS) is 12.4. The molecule has 0 aliphatic carbocycles. The molecule has 0 heterocycles. The van der Waals surface area contributed by atoms with Gasteiger partial charge >= 0.3 is 5.97 Å². The zero-order chi connectivity index (χ0) is 12.0. The Morgan fingerprint density at radius 1 is 1.56 bits per heavy atom. The number of hydrogen-bond acceptors (Lipinski definition) is 2. The van der Waals surface area contributed by atoms with Crippen molar-refractivity contribution in [3.05, 3.63) is 35.4 Å². The summed E-state index contributed by atoms with van der Waals surface area (Å²) >= 11 is 6.12. The molecule has 0 saturated carbocycles.